The number of hydrogen-bond acceptors (Lipinski definition) is 2. The number of carbonyl (C=O) groups is 1. The van der Waals surface area contributed by atoms with Gasteiger partial charge in [0, 0.05) is 12.5 Å². The van der Waals surface area contributed by atoms with Crippen LogP contribution in [-0.4, -0.2) is 22.5 Å². The first-order valence-corrected chi connectivity index (χ1v) is 7.75. The van der Waals surface area contributed by atoms with Gasteiger partial charge >= 0.3 is 0 Å². The van der Waals surface area contributed by atoms with Crippen molar-refractivity contribution in [2.24, 2.45) is 5.92 Å². The summed E-state index contributed by atoms with van der Waals surface area (Å²) in [6, 6.07) is 15.4. The quantitative estimate of drug-likeness (QED) is 0.921. The third kappa shape index (κ3) is 2.59. The molecule has 2 aromatic rings. The van der Waals surface area contributed by atoms with Crippen LogP contribution in [0.1, 0.15) is 36.6 Å². The van der Waals surface area contributed by atoms with Crippen molar-refractivity contribution in [2.75, 3.05) is 6.54 Å². The van der Waals surface area contributed by atoms with Crippen LogP contribution in [0.4, 0.5) is 0 Å². The maximum Gasteiger partial charge on any atom is 0.225 e. The van der Waals surface area contributed by atoms with E-state index in [2.05, 4.69) is 0 Å². The molecule has 1 heterocycles. The molecule has 1 N–H and O–H groups in total. The number of phenolic OH excluding ortho intramolecular Hbond substituents is 1. The fourth-order valence-electron chi connectivity index (χ4n) is 3.17. The number of nitrogens with zero attached hydrogens (tertiary/aromatic N) is 1. The molecule has 0 aromatic heterocycles. The van der Waals surface area contributed by atoms with Gasteiger partial charge in [0.1, 0.15) is 5.75 Å². The van der Waals surface area contributed by atoms with Gasteiger partial charge in [0.2, 0.25) is 5.91 Å². The number of amides is 1. The van der Waals surface area contributed by atoms with Gasteiger partial charge in [-0.1, -0.05) is 50.2 Å². The number of rotatable bonds is 2. The zero-order chi connectivity index (χ0) is 15.7. The highest BCUT2D eigenvalue weighted by Gasteiger charge is 2.33. The lowest BCUT2D eigenvalue weighted by atomic mass is 9.87. The highest BCUT2D eigenvalue weighted by molar-refractivity contribution is 5.79. The Morgan fingerprint density at radius 1 is 1.18 bits per heavy atom. The topological polar surface area (TPSA) is 40.5 Å². The van der Waals surface area contributed by atoms with Gasteiger partial charge in [-0.25, -0.2) is 0 Å². The van der Waals surface area contributed by atoms with E-state index in [0.29, 0.717) is 6.54 Å². The third-order valence-electron chi connectivity index (χ3n) is 4.25. The molecular weight excluding hydrogens is 274 g/mol. The molecule has 0 saturated heterocycles. The molecule has 0 radical (unpaired) electrons. The van der Waals surface area contributed by atoms with Gasteiger partial charge in [-0.3, -0.25) is 4.79 Å². The Hall–Kier alpha value is -2.29. The number of fused-ring (bicyclic) bond motifs is 1. The summed E-state index contributed by atoms with van der Waals surface area (Å²) in [6.45, 7) is 4.58. The van der Waals surface area contributed by atoms with Crippen molar-refractivity contribution in [3.63, 3.8) is 0 Å². The van der Waals surface area contributed by atoms with Gasteiger partial charge in [-0.05, 0) is 35.2 Å². The van der Waals surface area contributed by atoms with Crippen molar-refractivity contribution in [3.05, 3.63) is 65.2 Å². The largest absolute Gasteiger partial charge is 0.508 e. The van der Waals surface area contributed by atoms with Gasteiger partial charge in [-0.15, -0.1) is 0 Å². The van der Waals surface area contributed by atoms with Gasteiger partial charge in [0.15, 0.2) is 0 Å². The molecule has 3 heteroatoms. The van der Waals surface area contributed by atoms with Crippen molar-refractivity contribution >= 4 is 5.91 Å². The summed E-state index contributed by atoms with van der Waals surface area (Å²) < 4.78 is 0. The van der Waals surface area contributed by atoms with Gasteiger partial charge in [-0.2, -0.15) is 0 Å². The van der Waals surface area contributed by atoms with Crippen molar-refractivity contribution in [1.29, 1.82) is 0 Å². The molecule has 1 aliphatic heterocycles. The molecule has 114 valence electrons. The average molecular weight is 295 g/mol. The summed E-state index contributed by atoms with van der Waals surface area (Å²) >= 11 is 0. The van der Waals surface area contributed by atoms with Crippen molar-refractivity contribution in [1.82, 2.24) is 4.90 Å². The third-order valence-corrected chi connectivity index (χ3v) is 4.25. The molecule has 0 spiro atoms. The van der Waals surface area contributed by atoms with Crippen LogP contribution in [0.3, 0.4) is 0 Å². The Balaban J connectivity index is 2.12. The predicted octanol–water partition coefficient (Wildman–Crippen LogP) is 3.52. The van der Waals surface area contributed by atoms with Crippen LogP contribution in [0.2, 0.25) is 0 Å². The number of aromatic hydroxyl groups is 1. The lowest BCUT2D eigenvalue weighted by Crippen LogP contribution is -2.42. The number of phenols is 1. The van der Waals surface area contributed by atoms with Crippen LogP contribution in [0.15, 0.2) is 48.5 Å². The Morgan fingerprint density at radius 3 is 2.59 bits per heavy atom. The van der Waals surface area contributed by atoms with E-state index in [4.69, 9.17) is 0 Å². The van der Waals surface area contributed by atoms with Crippen LogP contribution in [0, 0.1) is 5.92 Å². The maximum absolute atomic E-state index is 12.6. The molecule has 1 aliphatic rings. The molecule has 22 heavy (non-hydrogen) atoms. The number of carbonyl (C=O) groups excluding carboxylic acids is 1. The predicted molar refractivity (Wildman–Crippen MR) is 86.6 cm³/mol. The average Bonchev–Trinajstić information content (AvgIpc) is 2.53. The highest BCUT2D eigenvalue weighted by Crippen LogP contribution is 2.37. The van der Waals surface area contributed by atoms with E-state index >= 15 is 0 Å². The minimum Gasteiger partial charge on any atom is -0.508 e. The lowest BCUT2D eigenvalue weighted by Gasteiger charge is -2.38. The SMILES string of the molecule is CC(C)C(=O)N1CCc2ccc(O)cc2C1c1ccccc1. The van der Waals surface area contributed by atoms with E-state index in [1.165, 1.54) is 5.56 Å². The normalized spacial score (nSPS) is 17.4. The van der Waals surface area contributed by atoms with Crippen molar-refractivity contribution in [3.8, 4) is 5.75 Å². The Kier molecular flexibility index (Phi) is 3.88. The number of benzene rings is 2. The van der Waals surface area contributed by atoms with E-state index in [-0.39, 0.29) is 23.6 Å². The highest BCUT2D eigenvalue weighted by atomic mass is 16.3. The van der Waals surface area contributed by atoms with E-state index < -0.39 is 0 Å². The van der Waals surface area contributed by atoms with Crippen LogP contribution in [0.5, 0.6) is 5.75 Å². The van der Waals surface area contributed by atoms with Crippen LogP contribution in [-0.2, 0) is 11.2 Å². The van der Waals surface area contributed by atoms with E-state index in [0.717, 1.165) is 17.5 Å². The molecule has 0 saturated carbocycles. The molecule has 3 rings (SSSR count). The maximum atomic E-state index is 12.6. The van der Waals surface area contributed by atoms with Crippen LogP contribution >= 0.6 is 0 Å². The number of hydrogen-bond donors (Lipinski definition) is 1. The summed E-state index contributed by atoms with van der Waals surface area (Å²) in [6.07, 6.45) is 0.831. The minimum atomic E-state index is -0.119. The molecule has 1 atom stereocenters. The van der Waals surface area contributed by atoms with Crippen molar-refractivity contribution < 1.29 is 9.90 Å². The zero-order valence-corrected chi connectivity index (χ0v) is 13.0. The van der Waals surface area contributed by atoms with Crippen LogP contribution in [0.25, 0.3) is 0 Å². The minimum absolute atomic E-state index is 0.0370. The van der Waals surface area contributed by atoms with E-state index in [1.807, 2.05) is 55.1 Å². The Labute approximate surface area is 131 Å². The summed E-state index contributed by atoms with van der Waals surface area (Å²) in [5.74, 6) is 0.367. The van der Waals surface area contributed by atoms with Gasteiger partial charge < -0.3 is 10.0 Å². The first kappa shape index (κ1) is 14.6. The fraction of sp³-hybridized carbons (Fsp3) is 0.316. The second-order valence-electron chi connectivity index (χ2n) is 6.13. The monoisotopic (exact) mass is 295 g/mol. The summed E-state index contributed by atoms with van der Waals surface area (Å²) in [5, 5.41) is 9.88. The smallest absolute Gasteiger partial charge is 0.225 e. The second kappa shape index (κ2) is 5.84. The molecule has 0 fully saturated rings. The standard InChI is InChI=1S/C19H21NO2/c1-13(2)19(22)20-11-10-14-8-9-16(21)12-17(14)18(20)15-6-4-3-5-7-15/h3-9,12-13,18,21H,10-11H2,1-2H3. The molecule has 0 bridgehead atoms. The van der Waals surface area contributed by atoms with Crippen molar-refractivity contribution in [2.45, 2.75) is 26.3 Å². The first-order chi connectivity index (χ1) is 10.6. The van der Waals surface area contributed by atoms with Crippen LogP contribution < -0.4 is 0 Å². The molecule has 2 aromatic carbocycles. The fourth-order valence-corrected chi connectivity index (χ4v) is 3.17. The Bertz CT molecular complexity index is 679. The summed E-state index contributed by atoms with van der Waals surface area (Å²) in [5.41, 5.74) is 3.33. The Morgan fingerprint density at radius 2 is 1.91 bits per heavy atom. The molecule has 3 nitrogen and oxygen atoms in total. The van der Waals surface area contributed by atoms with Gasteiger partial charge in [0.05, 0.1) is 6.04 Å². The second-order valence-corrected chi connectivity index (χ2v) is 6.13. The molecule has 0 aliphatic carbocycles. The molecule has 1 amide bonds. The summed E-state index contributed by atoms with van der Waals surface area (Å²) in [7, 11) is 0. The van der Waals surface area contributed by atoms with E-state index in [9.17, 15) is 9.90 Å². The first-order valence-electron chi connectivity index (χ1n) is 7.75. The van der Waals surface area contributed by atoms with Gasteiger partial charge in [0.25, 0.3) is 0 Å². The lowest BCUT2D eigenvalue weighted by molar-refractivity contribution is -0.136. The summed E-state index contributed by atoms with van der Waals surface area (Å²) in [4.78, 5) is 14.6. The van der Waals surface area contributed by atoms with E-state index in [1.54, 1.807) is 12.1 Å². The zero-order valence-electron chi connectivity index (χ0n) is 13.0. The molecule has 1 unspecified atom stereocenters. The molecular formula is C19H21NO2.